The minimum absolute atomic E-state index is 0.0128. The van der Waals surface area contributed by atoms with Gasteiger partial charge in [-0.25, -0.2) is 0 Å². The molecule has 7 nitrogen and oxygen atoms in total. The Morgan fingerprint density at radius 3 is 2.32 bits per heavy atom. The van der Waals surface area contributed by atoms with Crippen molar-refractivity contribution in [1.82, 2.24) is 0 Å². The van der Waals surface area contributed by atoms with Gasteiger partial charge >= 0.3 is 5.97 Å². The van der Waals surface area contributed by atoms with E-state index in [0.29, 0.717) is 25.7 Å². The molecule has 2 aliphatic heterocycles. The van der Waals surface area contributed by atoms with Crippen LogP contribution in [0.4, 0.5) is 0 Å². The van der Waals surface area contributed by atoms with E-state index < -0.39 is 56.3 Å². The van der Waals surface area contributed by atoms with E-state index in [4.69, 9.17) is 9.47 Å². The van der Waals surface area contributed by atoms with Crippen molar-refractivity contribution in [3.8, 4) is 6.07 Å². The van der Waals surface area contributed by atoms with Gasteiger partial charge in [0, 0.05) is 22.7 Å². The van der Waals surface area contributed by atoms with Crippen LogP contribution < -0.4 is 0 Å². The maximum Gasteiger partial charge on any atom is 0.313 e. The minimum atomic E-state index is -1.74. The molecule has 0 amide bonds. The Morgan fingerprint density at radius 1 is 0.973 bits per heavy atom. The number of rotatable bonds is 0. The highest BCUT2D eigenvalue weighted by atomic mass is 16.6. The number of carbonyl (C=O) groups is 3. The zero-order valence-corrected chi connectivity index (χ0v) is 22.7. The first kappa shape index (κ1) is 24.0. The van der Waals surface area contributed by atoms with E-state index in [0.717, 1.165) is 24.8 Å². The molecule has 5 aliphatic carbocycles. The van der Waals surface area contributed by atoms with Crippen LogP contribution >= 0.6 is 0 Å². The lowest BCUT2D eigenvalue weighted by Gasteiger charge is -2.68. The number of ketones is 2. The minimum Gasteiger partial charge on any atom is -0.449 e. The summed E-state index contributed by atoms with van der Waals surface area (Å²) in [5.41, 5.74) is -6.42. The Morgan fingerprint density at radius 2 is 1.65 bits per heavy atom. The molecule has 7 rings (SSSR count). The normalized spacial score (nSPS) is 58.5. The van der Waals surface area contributed by atoms with Gasteiger partial charge in [0.05, 0.1) is 5.41 Å². The molecular formula is C30H37NO6. The molecule has 0 aromatic rings. The number of Topliss-reactive ketones (excluding diaryl/α,β-unsaturated/α-hetero) is 1. The predicted molar refractivity (Wildman–Crippen MR) is 131 cm³/mol. The molecule has 7 aliphatic rings. The van der Waals surface area contributed by atoms with E-state index in [2.05, 4.69) is 33.8 Å². The van der Waals surface area contributed by atoms with Crippen LogP contribution in [0.1, 0.15) is 86.5 Å². The zero-order chi connectivity index (χ0) is 26.8. The first-order chi connectivity index (χ1) is 17.0. The molecule has 0 aromatic carbocycles. The van der Waals surface area contributed by atoms with E-state index >= 15 is 0 Å². The summed E-state index contributed by atoms with van der Waals surface area (Å²) in [6, 6.07) is 2.07. The van der Waals surface area contributed by atoms with Crippen LogP contribution in [0.15, 0.2) is 11.6 Å². The van der Waals surface area contributed by atoms with Crippen molar-refractivity contribution in [1.29, 1.82) is 5.26 Å². The third-order valence-electron chi connectivity index (χ3n) is 13.2. The summed E-state index contributed by atoms with van der Waals surface area (Å²) >= 11 is 0. The second-order valence-electron chi connectivity index (χ2n) is 15.0. The molecule has 0 aromatic heterocycles. The molecular weight excluding hydrogens is 470 g/mol. The summed E-state index contributed by atoms with van der Waals surface area (Å²) in [6.07, 6.45) is 6.07. The molecule has 1 N–H and O–H groups in total. The summed E-state index contributed by atoms with van der Waals surface area (Å²) in [6.45, 7) is 12.2. The first-order valence-electron chi connectivity index (χ1n) is 13.9. The number of nitriles is 1. The lowest BCUT2D eigenvalue weighted by molar-refractivity contribution is -0.211. The van der Waals surface area contributed by atoms with E-state index in [9.17, 15) is 24.8 Å². The van der Waals surface area contributed by atoms with Crippen molar-refractivity contribution < 1.29 is 29.0 Å². The predicted octanol–water partition coefficient (Wildman–Crippen LogP) is 3.82. The fourth-order valence-corrected chi connectivity index (χ4v) is 10.9. The maximum atomic E-state index is 14.5. The number of nitrogens with zero attached hydrogens (tertiary/aromatic N) is 1. The number of epoxide rings is 1. The summed E-state index contributed by atoms with van der Waals surface area (Å²) in [7, 11) is 0. The molecule has 37 heavy (non-hydrogen) atoms. The van der Waals surface area contributed by atoms with Crippen LogP contribution in [-0.2, 0) is 23.9 Å². The van der Waals surface area contributed by atoms with Gasteiger partial charge in [-0.15, -0.1) is 0 Å². The van der Waals surface area contributed by atoms with Gasteiger partial charge < -0.3 is 14.6 Å². The topological polar surface area (TPSA) is 117 Å². The van der Waals surface area contributed by atoms with Crippen molar-refractivity contribution in [2.75, 3.05) is 0 Å². The number of esters is 1. The van der Waals surface area contributed by atoms with Gasteiger partial charge in [0.1, 0.15) is 17.8 Å². The molecule has 2 saturated heterocycles. The van der Waals surface area contributed by atoms with E-state index in [1.807, 2.05) is 6.92 Å². The second-order valence-corrected chi connectivity index (χ2v) is 15.0. The summed E-state index contributed by atoms with van der Waals surface area (Å²) in [5, 5.41) is 21.5. The van der Waals surface area contributed by atoms with Crippen LogP contribution in [0.3, 0.4) is 0 Å². The molecule has 6 fully saturated rings. The number of hydrogen-bond donors (Lipinski definition) is 1. The number of carbonyl (C=O) groups excluding carboxylic acids is 3. The van der Waals surface area contributed by atoms with Crippen molar-refractivity contribution in [3.63, 3.8) is 0 Å². The van der Waals surface area contributed by atoms with Gasteiger partial charge in [0.25, 0.3) is 0 Å². The van der Waals surface area contributed by atoms with E-state index in [-0.39, 0.29) is 23.1 Å². The molecule has 0 radical (unpaired) electrons. The number of aliphatic hydroxyl groups is 1. The van der Waals surface area contributed by atoms with Gasteiger partial charge in [-0.1, -0.05) is 40.2 Å². The van der Waals surface area contributed by atoms with Gasteiger partial charge in [0.15, 0.2) is 11.4 Å². The lowest BCUT2D eigenvalue weighted by Crippen LogP contribution is -2.73. The smallest absolute Gasteiger partial charge is 0.313 e. The Bertz CT molecular complexity index is 1290. The highest BCUT2D eigenvalue weighted by molar-refractivity contribution is 6.06. The fraction of sp³-hybridized carbons (Fsp3) is 0.800. The zero-order valence-electron chi connectivity index (χ0n) is 22.7. The fourth-order valence-electron chi connectivity index (χ4n) is 10.9. The second kappa shape index (κ2) is 6.07. The highest BCUT2D eigenvalue weighted by Gasteiger charge is 2.86. The first-order valence-corrected chi connectivity index (χ1v) is 13.9. The van der Waals surface area contributed by atoms with Crippen molar-refractivity contribution in [3.05, 3.63) is 11.6 Å². The third-order valence-corrected chi connectivity index (χ3v) is 13.2. The number of hydrogen-bond acceptors (Lipinski definition) is 7. The maximum absolute atomic E-state index is 14.5. The quantitative estimate of drug-likeness (QED) is 0.391. The molecule has 0 unspecified atom stereocenters. The van der Waals surface area contributed by atoms with Gasteiger partial charge in [0.2, 0.25) is 11.4 Å². The van der Waals surface area contributed by atoms with Crippen molar-refractivity contribution in [2.45, 2.75) is 109 Å². The van der Waals surface area contributed by atoms with Crippen molar-refractivity contribution >= 4 is 17.5 Å². The average Bonchev–Trinajstić information content (AvgIpc) is 3.54. The van der Waals surface area contributed by atoms with Crippen LogP contribution in [0.25, 0.3) is 0 Å². The third kappa shape index (κ3) is 2.12. The molecule has 2 bridgehead atoms. The van der Waals surface area contributed by atoms with Gasteiger partial charge in [-0.05, 0) is 68.8 Å². The number of ether oxygens (including phenoxy) is 2. The standard InChI is InChI=1S/C30H37NO6/c1-23(2)9-11-28-12-10-25(4)24(3)8-7-16-26(5,21-29(15-31,36-21)20(33)27(16,6)35)17(24)13-19(32)30(25,18(28)14-23)37-22(28)34/h13,16,18,21,35H,7-12,14H2,1-6H3/t16-,18-,21-,24-,25+,26+,27+,28+,29+,30-/m1/s1. The molecule has 10 atom stereocenters. The molecule has 2 heterocycles. The molecule has 198 valence electrons. The van der Waals surface area contributed by atoms with Gasteiger partial charge in [-0.2, -0.15) is 5.26 Å². The van der Waals surface area contributed by atoms with Gasteiger partial charge in [-0.3, -0.25) is 14.4 Å². The Hall–Kier alpha value is -2.04. The molecule has 7 heteroatoms. The summed E-state index contributed by atoms with van der Waals surface area (Å²) in [5.74, 6) is -1.59. The monoisotopic (exact) mass is 507 g/mol. The molecule has 4 saturated carbocycles. The van der Waals surface area contributed by atoms with Crippen LogP contribution in [0.5, 0.6) is 0 Å². The van der Waals surface area contributed by atoms with Crippen LogP contribution in [0, 0.1) is 50.2 Å². The summed E-state index contributed by atoms with van der Waals surface area (Å²) < 4.78 is 12.3. The lowest BCUT2D eigenvalue weighted by atomic mass is 9.33. The summed E-state index contributed by atoms with van der Waals surface area (Å²) in [4.78, 5) is 41.4. The Labute approximate surface area is 217 Å². The number of fused-ring (bicyclic) bond motifs is 6. The SMILES string of the molecule is CC1(C)CC[C@@]23CC[C@@]4(C)[C@]5(C)CC[C@@H]6[C@@](C)(C5=CC(=O)[C@]4(OC2=O)[C@@H]3C1)[C@H]1O[C@@]1(C#N)C(=O)[C@@]6(C)O. The Balaban J connectivity index is 1.45. The Kier molecular flexibility index (Phi) is 3.94. The largest absolute Gasteiger partial charge is 0.449 e. The van der Waals surface area contributed by atoms with E-state index in [1.54, 1.807) is 6.08 Å². The average molecular weight is 508 g/mol. The highest BCUT2D eigenvalue weighted by Crippen LogP contribution is 2.80. The van der Waals surface area contributed by atoms with Crippen LogP contribution in [-0.4, -0.2) is 45.5 Å². The molecule has 1 spiro atoms. The van der Waals surface area contributed by atoms with Crippen LogP contribution in [0.2, 0.25) is 0 Å². The van der Waals surface area contributed by atoms with E-state index in [1.165, 1.54) is 6.92 Å². The van der Waals surface area contributed by atoms with Crippen molar-refractivity contribution in [2.24, 2.45) is 38.9 Å².